The Morgan fingerprint density at radius 2 is 2.32 bits per heavy atom. The van der Waals surface area contributed by atoms with Crippen molar-refractivity contribution in [2.75, 3.05) is 12.4 Å². The molecule has 4 heteroatoms. The van der Waals surface area contributed by atoms with Gasteiger partial charge in [0.1, 0.15) is 11.8 Å². The number of amides is 1. The topological polar surface area (TPSA) is 64.3 Å². The van der Waals surface area contributed by atoms with Gasteiger partial charge in [-0.15, -0.1) is 0 Å². The molecule has 0 spiro atoms. The van der Waals surface area contributed by atoms with E-state index in [0.717, 1.165) is 30.7 Å². The van der Waals surface area contributed by atoms with Gasteiger partial charge in [-0.2, -0.15) is 0 Å². The monoisotopic (exact) mass is 260 g/mol. The fraction of sp³-hybridized carbons (Fsp3) is 0.400. The molecule has 0 heterocycles. The Hall–Kier alpha value is -1.97. The highest BCUT2D eigenvalue weighted by Crippen LogP contribution is 2.25. The average Bonchev–Trinajstić information content (AvgIpc) is 2.45. The van der Waals surface area contributed by atoms with Gasteiger partial charge in [-0.05, 0) is 37.3 Å². The molecule has 0 fully saturated rings. The lowest BCUT2D eigenvalue weighted by Crippen LogP contribution is -2.41. The lowest BCUT2D eigenvalue weighted by molar-refractivity contribution is -0.119. The van der Waals surface area contributed by atoms with Crippen molar-refractivity contribution in [2.24, 2.45) is 11.7 Å². The van der Waals surface area contributed by atoms with E-state index in [9.17, 15) is 4.79 Å². The Morgan fingerprint density at radius 3 is 2.95 bits per heavy atom. The molecule has 1 aromatic carbocycles. The van der Waals surface area contributed by atoms with Crippen molar-refractivity contribution in [3.63, 3.8) is 0 Å². The Kier molecular flexibility index (Phi) is 4.44. The molecule has 1 aliphatic rings. The SMILES string of the molecule is COc1cccc(NC(C(N)=O)C2CC=CCC2)c1. The second-order valence-corrected chi connectivity index (χ2v) is 4.80. The predicted octanol–water partition coefficient (Wildman–Crippen LogP) is 2.32. The predicted molar refractivity (Wildman–Crippen MR) is 76.1 cm³/mol. The van der Waals surface area contributed by atoms with Gasteiger partial charge in [0.25, 0.3) is 0 Å². The number of methoxy groups -OCH3 is 1. The Morgan fingerprint density at radius 1 is 1.47 bits per heavy atom. The highest BCUT2D eigenvalue weighted by Gasteiger charge is 2.26. The van der Waals surface area contributed by atoms with Crippen LogP contribution in [0.2, 0.25) is 0 Å². The largest absolute Gasteiger partial charge is 0.497 e. The van der Waals surface area contributed by atoms with Gasteiger partial charge in [-0.1, -0.05) is 18.2 Å². The molecule has 1 aromatic rings. The van der Waals surface area contributed by atoms with Crippen LogP contribution >= 0.6 is 0 Å². The summed E-state index contributed by atoms with van der Waals surface area (Å²) in [7, 11) is 1.62. The summed E-state index contributed by atoms with van der Waals surface area (Å²) in [4.78, 5) is 11.7. The third-order valence-corrected chi connectivity index (χ3v) is 3.48. The number of allylic oxidation sites excluding steroid dienone is 2. The van der Waals surface area contributed by atoms with Crippen LogP contribution in [0.15, 0.2) is 36.4 Å². The molecule has 102 valence electrons. The number of primary amides is 1. The summed E-state index contributed by atoms with van der Waals surface area (Å²) in [6, 6.07) is 7.21. The third-order valence-electron chi connectivity index (χ3n) is 3.48. The average molecular weight is 260 g/mol. The molecule has 2 atom stereocenters. The van der Waals surface area contributed by atoms with Gasteiger partial charge < -0.3 is 15.8 Å². The lowest BCUT2D eigenvalue weighted by Gasteiger charge is -2.27. The van der Waals surface area contributed by atoms with Crippen LogP contribution in [0.1, 0.15) is 19.3 Å². The maximum absolute atomic E-state index is 11.7. The molecule has 0 radical (unpaired) electrons. The summed E-state index contributed by atoms with van der Waals surface area (Å²) in [6.07, 6.45) is 7.16. The molecular weight excluding hydrogens is 240 g/mol. The summed E-state index contributed by atoms with van der Waals surface area (Å²) in [5, 5.41) is 3.23. The van der Waals surface area contributed by atoms with Crippen molar-refractivity contribution in [2.45, 2.75) is 25.3 Å². The maximum Gasteiger partial charge on any atom is 0.240 e. The molecule has 1 aliphatic carbocycles. The molecule has 4 nitrogen and oxygen atoms in total. The number of hydrogen-bond acceptors (Lipinski definition) is 3. The zero-order valence-corrected chi connectivity index (χ0v) is 11.1. The molecule has 3 N–H and O–H groups in total. The van der Waals surface area contributed by atoms with Crippen LogP contribution in [0.3, 0.4) is 0 Å². The summed E-state index contributed by atoms with van der Waals surface area (Å²) in [5.41, 5.74) is 6.39. The second-order valence-electron chi connectivity index (χ2n) is 4.80. The van der Waals surface area contributed by atoms with E-state index in [1.165, 1.54) is 0 Å². The van der Waals surface area contributed by atoms with Gasteiger partial charge in [-0.3, -0.25) is 4.79 Å². The van der Waals surface area contributed by atoms with Crippen LogP contribution in [0.5, 0.6) is 5.75 Å². The fourth-order valence-corrected chi connectivity index (χ4v) is 2.43. The lowest BCUT2D eigenvalue weighted by atomic mass is 9.87. The highest BCUT2D eigenvalue weighted by molar-refractivity contribution is 5.83. The molecule has 0 bridgehead atoms. The first-order valence-corrected chi connectivity index (χ1v) is 6.55. The van der Waals surface area contributed by atoms with Crippen LogP contribution < -0.4 is 15.8 Å². The number of rotatable bonds is 5. The number of carbonyl (C=O) groups excluding carboxylic acids is 1. The van der Waals surface area contributed by atoms with Gasteiger partial charge in [0.15, 0.2) is 0 Å². The van der Waals surface area contributed by atoms with E-state index >= 15 is 0 Å². The van der Waals surface area contributed by atoms with E-state index in [-0.39, 0.29) is 17.9 Å². The van der Waals surface area contributed by atoms with Crippen LogP contribution in [0, 0.1) is 5.92 Å². The molecule has 2 unspecified atom stereocenters. The second kappa shape index (κ2) is 6.27. The highest BCUT2D eigenvalue weighted by atomic mass is 16.5. The van der Waals surface area contributed by atoms with E-state index in [1.807, 2.05) is 24.3 Å². The number of nitrogens with one attached hydrogen (secondary N) is 1. The van der Waals surface area contributed by atoms with E-state index in [2.05, 4.69) is 17.5 Å². The van der Waals surface area contributed by atoms with Crippen molar-refractivity contribution in [1.82, 2.24) is 0 Å². The number of benzene rings is 1. The Balaban J connectivity index is 2.11. The third kappa shape index (κ3) is 3.50. The summed E-state index contributed by atoms with van der Waals surface area (Å²) < 4.78 is 5.18. The Bertz CT molecular complexity index is 471. The standard InChI is InChI=1S/C15H20N2O2/c1-19-13-9-5-8-12(10-13)17-14(15(16)18)11-6-3-2-4-7-11/h2-3,5,8-11,14,17H,4,6-7H2,1H3,(H2,16,18). The van der Waals surface area contributed by atoms with Crippen LogP contribution in [0.25, 0.3) is 0 Å². The molecule has 1 amide bonds. The molecule has 0 saturated carbocycles. The van der Waals surface area contributed by atoms with E-state index in [1.54, 1.807) is 7.11 Å². The van der Waals surface area contributed by atoms with Crippen molar-refractivity contribution in [1.29, 1.82) is 0 Å². The fourth-order valence-electron chi connectivity index (χ4n) is 2.43. The molecule has 0 aliphatic heterocycles. The quantitative estimate of drug-likeness (QED) is 0.798. The number of nitrogens with two attached hydrogens (primary N) is 1. The summed E-state index contributed by atoms with van der Waals surface area (Å²) in [5.74, 6) is 0.716. The first kappa shape index (κ1) is 13.5. The molecule has 0 aromatic heterocycles. The first-order valence-electron chi connectivity index (χ1n) is 6.55. The van der Waals surface area contributed by atoms with Gasteiger partial charge in [0.05, 0.1) is 7.11 Å². The molecular formula is C15H20N2O2. The molecule has 2 rings (SSSR count). The minimum Gasteiger partial charge on any atom is -0.497 e. The minimum atomic E-state index is -0.336. The van der Waals surface area contributed by atoms with Crippen molar-refractivity contribution >= 4 is 11.6 Å². The van der Waals surface area contributed by atoms with Crippen LogP contribution in [-0.4, -0.2) is 19.1 Å². The smallest absolute Gasteiger partial charge is 0.240 e. The van der Waals surface area contributed by atoms with Gasteiger partial charge in [0, 0.05) is 11.8 Å². The van der Waals surface area contributed by atoms with Gasteiger partial charge in [0.2, 0.25) is 5.91 Å². The van der Waals surface area contributed by atoms with Gasteiger partial charge >= 0.3 is 0 Å². The number of ether oxygens (including phenoxy) is 1. The normalized spacial score (nSPS) is 19.7. The molecule has 0 saturated heterocycles. The first-order chi connectivity index (χ1) is 9.20. The van der Waals surface area contributed by atoms with Crippen molar-refractivity contribution < 1.29 is 9.53 Å². The van der Waals surface area contributed by atoms with Crippen molar-refractivity contribution in [3.8, 4) is 5.75 Å². The van der Waals surface area contributed by atoms with Crippen LogP contribution in [-0.2, 0) is 4.79 Å². The minimum absolute atomic E-state index is 0.258. The summed E-state index contributed by atoms with van der Waals surface area (Å²) in [6.45, 7) is 0. The molecule has 19 heavy (non-hydrogen) atoms. The van der Waals surface area contributed by atoms with E-state index in [4.69, 9.17) is 10.5 Å². The number of anilines is 1. The Labute approximate surface area is 113 Å². The van der Waals surface area contributed by atoms with E-state index in [0.29, 0.717) is 0 Å². The summed E-state index contributed by atoms with van der Waals surface area (Å²) >= 11 is 0. The number of hydrogen-bond donors (Lipinski definition) is 2. The van der Waals surface area contributed by atoms with E-state index < -0.39 is 0 Å². The maximum atomic E-state index is 11.7. The zero-order chi connectivity index (χ0) is 13.7. The van der Waals surface area contributed by atoms with Crippen LogP contribution in [0.4, 0.5) is 5.69 Å². The zero-order valence-electron chi connectivity index (χ0n) is 11.1. The number of carbonyl (C=O) groups is 1. The van der Waals surface area contributed by atoms with Crippen molar-refractivity contribution in [3.05, 3.63) is 36.4 Å². The van der Waals surface area contributed by atoms with Gasteiger partial charge in [-0.25, -0.2) is 0 Å².